The van der Waals surface area contributed by atoms with Gasteiger partial charge in [-0.25, -0.2) is 0 Å². The first-order chi connectivity index (χ1) is 7.27. The third-order valence-electron chi connectivity index (χ3n) is 3.36. The molecule has 0 aromatic rings. The van der Waals surface area contributed by atoms with Crippen molar-refractivity contribution in [2.24, 2.45) is 11.8 Å². The van der Waals surface area contributed by atoms with Crippen LogP contribution in [0.1, 0.15) is 6.42 Å². The Morgan fingerprint density at radius 3 is 2.67 bits per heavy atom. The minimum Gasteiger partial charge on any atom is -0.378 e. The lowest BCUT2D eigenvalue weighted by Crippen LogP contribution is -2.50. The lowest BCUT2D eigenvalue weighted by molar-refractivity contribution is -0.142. The summed E-state index contributed by atoms with van der Waals surface area (Å²) in [4.78, 5) is 24.7. The molecule has 15 heavy (non-hydrogen) atoms. The Morgan fingerprint density at radius 2 is 2.07 bits per heavy atom. The standard InChI is InChI=1S/C10H14N2O3/c13-9-7-3-8(7)10(14)12(9)4-6-5-15-2-1-11-6/h6-8,11H,1-5H2. The highest BCUT2D eigenvalue weighted by molar-refractivity contribution is 6.08. The zero-order chi connectivity index (χ0) is 10.4. The number of amides is 2. The highest BCUT2D eigenvalue weighted by atomic mass is 16.5. The summed E-state index contributed by atoms with van der Waals surface area (Å²) in [6, 6.07) is 0.115. The molecule has 3 fully saturated rings. The Morgan fingerprint density at radius 1 is 1.33 bits per heavy atom. The highest BCUT2D eigenvalue weighted by Crippen LogP contribution is 2.46. The number of likely N-dealkylation sites (tertiary alicyclic amines) is 1. The van der Waals surface area contributed by atoms with Gasteiger partial charge in [-0.05, 0) is 6.42 Å². The molecule has 3 unspecified atom stereocenters. The third-order valence-corrected chi connectivity index (χ3v) is 3.36. The lowest BCUT2D eigenvalue weighted by atomic mass is 10.2. The first-order valence-corrected chi connectivity index (χ1v) is 5.43. The normalized spacial score (nSPS) is 39.5. The van der Waals surface area contributed by atoms with Crippen LogP contribution in [0.5, 0.6) is 0 Å². The molecule has 3 atom stereocenters. The number of imide groups is 1. The number of hydrogen-bond donors (Lipinski definition) is 1. The van der Waals surface area contributed by atoms with E-state index in [2.05, 4.69) is 5.32 Å². The maximum atomic E-state index is 11.7. The van der Waals surface area contributed by atoms with Gasteiger partial charge < -0.3 is 10.1 Å². The number of fused-ring (bicyclic) bond motifs is 1. The van der Waals surface area contributed by atoms with Gasteiger partial charge in [0.1, 0.15) is 0 Å². The minimum absolute atomic E-state index is 0.0157. The molecule has 0 aromatic heterocycles. The summed E-state index contributed by atoms with van der Waals surface area (Å²) in [5.74, 6) is 0.0822. The zero-order valence-electron chi connectivity index (χ0n) is 8.44. The second kappa shape index (κ2) is 3.28. The van der Waals surface area contributed by atoms with Crippen LogP contribution in [0.4, 0.5) is 0 Å². The molecule has 2 saturated heterocycles. The molecule has 0 bridgehead atoms. The van der Waals surface area contributed by atoms with Gasteiger partial charge in [0.05, 0.1) is 25.0 Å². The Labute approximate surface area is 87.8 Å². The molecule has 5 heteroatoms. The van der Waals surface area contributed by atoms with Crippen LogP contribution in [0.25, 0.3) is 0 Å². The van der Waals surface area contributed by atoms with E-state index < -0.39 is 0 Å². The van der Waals surface area contributed by atoms with E-state index in [1.807, 2.05) is 0 Å². The summed E-state index contributed by atoms with van der Waals surface area (Å²) in [6.45, 7) is 2.58. The van der Waals surface area contributed by atoms with Gasteiger partial charge in [-0.1, -0.05) is 0 Å². The summed E-state index contributed by atoms with van der Waals surface area (Å²) in [5.41, 5.74) is 0. The number of carbonyl (C=O) groups is 2. The van der Waals surface area contributed by atoms with Crippen LogP contribution in [0, 0.1) is 11.8 Å². The van der Waals surface area contributed by atoms with E-state index in [0.717, 1.165) is 13.0 Å². The SMILES string of the molecule is O=C1C2CC2C(=O)N1CC1COCCN1. The number of morpholine rings is 1. The Hall–Kier alpha value is -0.940. The predicted molar refractivity (Wildman–Crippen MR) is 50.9 cm³/mol. The first kappa shape index (κ1) is 9.30. The van der Waals surface area contributed by atoms with Crippen LogP contribution in [-0.4, -0.2) is 49.1 Å². The maximum Gasteiger partial charge on any atom is 0.233 e. The van der Waals surface area contributed by atoms with Crippen LogP contribution in [0.3, 0.4) is 0 Å². The monoisotopic (exact) mass is 210 g/mol. The van der Waals surface area contributed by atoms with Gasteiger partial charge in [0.25, 0.3) is 0 Å². The molecule has 1 N–H and O–H groups in total. The predicted octanol–water partition coefficient (Wildman–Crippen LogP) is -1.02. The number of carbonyl (C=O) groups excluding carboxylic acids is 2. The van der Waals surface area contributed by atoms with Crippen molar-refractivity contribution in [1.29, 1.82) is 0 Å². The Balaban J connectivity index is 1.63. The Kier molecular flexibility index (Phi) is 2.03. The lowest BCUT2D eigenvalue weighted by Gasteiger charge is -2.27. The van der Waals surface area contributed by atoms with Gasteiger partial charge in [-0.3, -0.25) is 14.5 Å². The van der Waals surface area contributed by atoms with E-state index in [-0.39, 0.29) is 29.7 Å². The van der Waals surface area contributed by atoms with Crippen LogP contribution >= 0.6 is 0 Å². The maximum absolute atomic E-state index is 11.7. The van der Waals surface area contributed by atoms with Crippen molar-refractivity contribution in [2.75, 3.05) is 26.3 Å². The molecule has 3 aliphatic rings. The van der Waals surface area contributed by atoms with Crippen molar-refractivity contribution in [1.82, 2.24) is 10.2 Å². The van der Waals surface area contributed by atoms with Crippen LogP contribution in [0.2, 0.25) is 0 Å². The first-order valence-electron chi connectivity index (χ1n) is 5.43. The van der Waals surface area contributed by atoms with Gasteiger partial charge in [0.15, 0.2) is 0 Å². The average Bonchev–Trinajstić information content (AvgIpc) is 3.01. The third kappa shape index (κ3) is 1.46. The minimum atomic E-state index is 0.0157. The van der Waals surface area contributed by atoms with Crippen molar-refractivity contribution in [3.05, 3.63) is 0 Å². The summed E-state index contributed by atoms with van der Waals surface area (Å²) in [5, 5.41) is 3.25. The van der Waals surface area contributed by atoms with E-state index in [0.29, 0.717) is 19.8 Å². The van der Waals surface area contributed by atoms with Crippen LogP contribution in [-0.2, 0) is 14.3 Å². The second-order valence-corrected chi connectivity index (χ2v) is 4.46. The Bertz CT molecular complexity index is 292. The number of hydrogen-bond acceptors (Lipinski definition) is 4. The number of piperidine rings is 1. The van der Waals surface area contributed by atoms with Crippen LogP contribution < -0.4 is 5.32 Å². The molecule has 5 nitrogen and oxygen atoms in total. The molecule has 2 amide bonds. The van der Waals surface area contributed by atoms with Gasteiger partial charge in [-0.15, -0.1) is 0 Å². The summed E-state index contributed by atoms with van der Waals surface area (Å²) >= 11 is 0. The molecule has 1 saturated carbocycles. The van der Waals surface area contributed by atoms with Gasteiger partial charge in [-0.2, -0.15) is 0 Å². The van der Waals surface area contributed by atoms with Crippen molar-refractivity contribution in [3.8, 4) is 0 Å². The van der Waals surface area contributed by atoms with E-state index >= 15 is 0 Å². The van der Waals surface area contributed by atoms with E-state index in [4.69, 9.17) is 4.74 Å². The topological polar surface area (TPSA) is 58.6 Å². The summed E-state index contributed by atoms with van der Waals surface area (Å²) in [6.07, 6.45) is 0.781. The fourth-order valence-corrected chi connectivity index (χ4v) is 2.39. The second-order valence-electron chi connectivity index (χ2n) is 4.46. The highest BCUT2D eigenvalue weighted by Gasteiger charge is 2.58. The zero-order valence-corrected chi connectivity index (χ0v) is 8.44. The number of rotatable bonds is 2. The van der Waals surface area contributed by atoms with Crippen molar-refractivity contribution < 1.29 is 14.3 Å². The quantitative estimate of drug-likeness (QED) is 0.593. The van der Waals surface area contributed by atoms with E-state index in [1.165, 1.54) is 4.90 Å². The van der Waals surface area contributed by atoms with E-state index in [1.54, 1.807) is 0 Å². The molecule has 82 valence electrons. The van der Waals surface area contributed by atoms with Crippen LogP contribution in [0.15, 0.2) is 0 Å². The van der Waals surface area contributed by atoms with Crippen molar-refractivity contribution in [2.45, 2.75) is 12.5 Å². The molecule has 3 rings (SSSR count). The number of nitrogens with zero attached hydrogens (tertiary/aromatic N) is 1. The van der Waals surface area contributed by atoms with Gasteiger partial charge in [0, 0.05) is 19.1 Å². The average molecular weight is 210 g/mol. The van der Waals surface area contributed by atoms with Gasteiger partial charge in [0.2, 0.25) is 11.8 Å². The van der Waals surface area contributed by atoms with Gasteiger partial charge >= 0.3 is 0 Å². The summed E-state index contributed by atoms with van der Waals surface area (Å²) < 4.78 is 5.29. The fourth-order valence-electron chi connectivity index (χ4n) is 2.39. The molecule has 0 aromatic carbocycles. The summed E-state index contributed by atoms with van der Waals surface area (Å²) in [7, 11) is 0. The van der Waals surface area contributed by atoms with Crippen molar-refractivity contribution >= 4 is 11.8 Å². The fraction of sp³-hybridized carbons (Fsp3) is 0.800. The molecule has 1 aliphatic carbocycles. The molecule has 0 radical (unpaired) electrons. The molecular weight excluding hydrogens is 196 g/mol. The molecular formula is C10H14N2O3. The van der Waals surface area contributed by atoms with Crippen molar-refractivity contribution in [3.63, 3.8) is 0 Å². The largest absolute Gasteiger partial charge is 0.378 e. The molecule has 0 spiro atoms. The molecule has 2 aliphatic heterocycles. The smallest absolute Gasteiger partial charge is 0.233 e. The molecule has 2 heterocycles. The number of nitrogens with one attached hydrogen (secondary N) is 1. The number of ether oxygens (including phenoxy) is 1. The van der Waals surface area contributed by atoms with E-state index in [9.17, 15) is 9.59 Å².